The normalized spacial score (nSPS) is 14.9. The van der Waals surface area contributed by atoms with E-state index in [1.165, 1.54) is 0 Å². The third kappa shape index (κ3) is 5.88. The first-order valence-electron chi connectivity index (χ1n) is 3.71. The van der Waals surface area contributed by atoms with E-state index in [0.29, 0.717) is 0 Å². The van der Waals surface area contributed by atoms with Crippen LogP contribution >= 0.6 is 0 Å². The Labute approximate surface area is 71.5 Å². The lowest BCUT2D eigenvalue weighted by Gasteiger charge is -2.11. The smallest absolute Gasteiger partial charge is 0.330 e. The van der Waals surface area contributed by atoms with Crippen LogP contribution in [-0.4, -0.2) is 35.0 Å². The highest BCUT2D eigenvalue weighted by molar-refractivity contribution is 5.81. The second kappa shape index (κ2) is 5.74. The van der Waals surface area contributed by atoms with Crippen molar-refractivity contribution in [2.45, 2.75) is 25.6 Å². The number of hydrogen-bond donors (Lipinski definition) is 2. The number of aliphatic hydroxyl groups is 2. The molecule has 70 valence electrons. The van der Waals surface area contributed by atoms with Crippen LogP contribution in [0.4, 0.5) is 0 Å². The first-order valence-corrected chi connectivity index (χ1v) is 3.71. The molecule has 0 bridgehead atoms. The molecule has 0 aromatic carbocycles. The molecule has 4 heteroatoms. The third-order valence-electron chi connectivity index (χ3n) is 1.20. The highest BCUT2D eigenvalue weighted by Crippen LogP contribution is 1.98. The molecule has 0 aliphatic rings. The molecule has 2 N–H and O–H groups in total. The molecule has 0 aromatic heterocycles. The van der Waals surface area contributed by atoms with Gasteiger partial charge in [-0.3, -0.25) is 0 Å². The lowest BCUT2D eigenvalue weighted by molar-refractivity contribution is -0.141. The average molecular weight is 174 g/mol. The van der Waals surface area contributed by atoms with Gasteiger partial charge in [0.05, 0.1) is 12.2 Å². The zero-order valence-electron chi connectivity index (χ0n) is 7.06. The minimum atomic E-state index is -0.811. The quantitative estimate of drug-likeness (QED) is 0.449. The van der Waals surface area contributed by atoms with Gasteiger partial charge in [0.25, 0.3) is 0 Å². The van der Waals surface area contributed by atoms with Crippen LogP contribution in [0.2, 0.25) is 0 Å². The van der Waals surface area contributed by atoms with Gasteiger partial charge in [0.2, 0.25) is 0 Å². The summed E-state index contributed by atoms with van der Waals surface area (Å²) in [6.07, 6.45) is -0.184. The first-order chi connectivity index (χ1) is 5.56. The summed E-state index contributed by atoms with van der Waals surface area (Å²) >= 11 is 0. The molecule has 0 heterocycles. The molecular weight excluding hydrogens is 160 g/mol. The van der Waals surface area contributed by atoms with E-state index in [2.05, 4.69) is 11.3 Å². The Morgan fingerprint density at radius 2 is 2.25 bits per heavy atom. The van der Waals surface area contributed by atoms with Crippen LogP contribution in [0.3, 0.4) is 0 Å². The number of aliphatic hydroxyl groups excluding tert-OH is 2. The number of hydrogen-bond acceptors (Lipinski definition) is 4. The molecule has 2 unspecified atom stereocenters. The van der Waals surface area contributed by atoms with Gasteiger partial charge >= 0.3 is 5.97 Å². The van der Waals surface area contributed by atoms with Crippen molar-refractivity contribution >= 4 is 5.97 Å². The summed E-state index contributed by atoms with van der Waals surface area (Å²) in [5.41, 5.74) is 0. The standard InChI is InChI=1S/C8H14O4/c1-3-8(11)12-5-7(10)4-6(2)9/h3,6-7,9-10H,1,4-5H2,2H3. The number of carbonyl (C=O) groups excluding carboxylic acids is 1. The second-order valence-corrected chi connectivity index (χ2v) is 2.57. The Kier molecular flexibility index (Phi) is 5.32. The second-order valence-electron chi connectivity index (χ2n) is 2.57. The van der Waals surface area contributed by atoms with E-state index in [1.54, 1.807) is 6.92 Å². The van der Waals surface area contributed by atoms with Crippen molar-refractivity contribution in [3.05, 3.63) is 12.7 Å². The number of esters is 1. The molecule has 0 radical (unpaired) electrons. The van der Waals surface area contributed by atoms with Crippen molar-refractivity contribution in [3.63, 3.8) is 0 Å². The van der Waals surface area contributed by atoms with Crippen LogP contribution in [0.25, 0.3) is 0 Å². The van der Waals surface area contributed by atoms with Crippen LogP contribution in [0.5, 0.6) is 0 Å². The molecule has 0 aromatic rings. The fraction of sp³-hybridized carbons (Fsp3) is 0.625. The predicted octanol–water partition coefficient (Wildman–Crippen LogP) is -0.153. The van der Waals surface area contributed by atoms with Crippen LogP contribution in [0, 0.1) is 0 Å². The molecule has 0 fully saturated rings. The van der Waals surface area contributed by atoms with Crippen molar-refractivity contribution in [1.82, 2.24) is 0 Å². The molecule has 2 atom stereocenters. The van der Waals surface area contributed by atoms with Crippen LogP contribution in [0.1, 0.15) is 13.3 Å². The molecular formula is C8H14O4. The monoisotopic (exact) mass is 174 g/mol. The van der Waals surface area contributed by atoms with E-state index in [1.807, 2.05) is 0 Å². The zero-order valence-corrected chi connectivity index (χ0v) is 7.06. The van der Waals surface area contributed by atoms with E-state index >= 15 is 0 Å². The van der Waals surface area contributed by atoms with Gasteiger partial charge in [-0.05, 0) is 6.92 Å². The van der Waals surface area contributed by atoms with E-state index in [0.717, 1.165) is 6.08 Å². The fourth-order valence-electron chi connectivity index (χ4n) is 0.699. The van der Waals surface area contributed by atoms with Gasteiger partial charge in [-0.25, -0.2) is 4.79 Å². The maximum absolute atomic E-state index is 10.5. The van der Waals surface area contributed by atoms with Crippen molar-refractivity contribution in [3.8, 4) is 0 Å². The van der Waals surface area contributed by atoms with E-state index in [4.69, 9.17) is 10.2 Å². The summed E-state index contributed by atoms with van der Waals surface area (Å²) in [6.45, 7) is 4.65. The lowest BCUT2D eigenvalue weighted by Crippen LogP contribution is -2.22. The Balaban J connectivity index is 3.49. The number of carbonyl (C=O) groups is 1. The summed E-state index contributed by atoms with van der Waals surface area (Å²) in [5, 5.41) is 17.9. The Bertz CT molecular complexity index is 153. The highest BCUT2D eigenvalue weighted by atomic mass is 16.5. The summed E-state index contributed by atoms with van der Waals surface area (Å²) in [4.78, 5) is 10.5. The van der Waals surface area contributed by atoms with Crippen molar-refractivity contribution in [1.29, 1.82) is 0 Å². The topological polar surface area (TPSA) is 66.8 Å². The summed E-state index contributed by atoms with van der Waals surface area (Å²) in [5.74, 6) is -0.570. The molecule has 0 aliphatic heterocycles. The van der Waals surface area contributed by atoms with E-state index in [9.17, 15) is 4.79 Å². The Hall–Kier alpha value is -0.870. The highest BCUT2D eigenvalue weighted by Gasteiger charge is 2.09. The van der Waals surface area contributed by atoms with Crippen LogP contribution in [0.15, 0.2) is 12.7 Å². The van der Waals surface area contributed by atoms with Crippen LogP contribution < -0.4 is 0 Å². The maximum atomic E-state index is 10.5. The van der Waals surface area contributed by atoms with Crippen molar-refractivity contribution < 1.29 is 19.7 Å². The van der Waals surface area contributed by atoms with Gasteiger partial charge in [0.1, 0.15) is 6.61 Å². The predicted molar refractivity (Wildman–Crippen MR) is 43.5 cm³/mol. The SMILES string of the molecule is C=CC(=O)OCC(O)CC(C)O. The molecule has 0 aliphatic carbocycles. The van der Waals surface area contributed by atoms with Gasteiger partial charge in [-0.1, -0.05) is 6.58 Å². The Morgan fingerprint density at radius 1 is 1.67 bits per heavy atom. The van der Waals surface area contributed by atoms with Gasteiger partial charge < -0.3 is 14.9 Å². The zero-order chi connectivity index (χ0) is 9.56. The van der Waals surface area contributed by atoms with E-state index in [-0.39, 0.29) is 13.0 Å². The molecule has 12 heavy (non-hydrogen) atoms. The largest absolute Gasteiger partial charge is 0.460 e. The molecule has 4 nitrogen and oxygen atoms in total. The summed E-state index contributed by atoms with van der Waals surface area (Å²) in [6, 6.07) is 0. The van der Waals surface area contributed by atoms with Crippen molar-refractivity contribution in [2.75, 3.05) is 6.61 Å². The molecule has 0 saturated heterocycles. The van der Waals surface area contributed by atoms with Gasteiger partial charge in [0, 0.05) is 12.5 Å². The van der Waals surface area contributed by atoms with E-state index < -0.39 is 18.2 Å². The first kappa shape index (κ1) is 11.1. The van der Waals surface area contributed by atoms with Gasteiger partial charge in [0.15, 0.2) is 0 Å². The fourth-order valence-corrected chi connectivity index (χ4v) is 0.699. The third-order valence-corrected chi connectivity index (χ3v) is 1.20. The van der Waals surface area contributed by atoms with Gasteiger partial charge in [-0.15, -0.1) is 0 Å². The minimum Gasteiger partial charge on any atom is -0.460 e. The average Bonchev–Trinajstić information content (AvgIpc) is 1.99. The molecule has 0 amide bonds. The van der Waals surface area contributed by atoms with Gasteiger partial charge in [-0.2, -0.15) is 0 Å². The van der Waals surface area contributed by atoms with Crippen molar-refractivity contribution in [2.24, 2.45) is 0 Å². The minimum absolute atomic E-state index is 0.101. The molecule has 0 saturated carbocycles. The lowest BCUT2D eigenvalue weighted by atomic mass is 10.2. The number of ether oxygens (including phenoxy) is 1. The molecule has 0 spiro atoms. The van der Waals surface area contributed by atoms with Crippen LogP contribution in [-0.2, 0) is 9.53 Å². The summed E-state index contributed by atoms with van der Waals surface area (Å²) in [7, 11) is 0. The summed E-state index contributed by atoms with van der Waals surface area (Å²) < 4.78 is 4.54. The Morgan fingerprint density at radius 3 is 2.67 bits per heavy atom. The number of rotatable bonds is 5. The maximum Gasteiger partial charge on any atom is 0.330 e. The molecule has 0 rings (SSSR count).